The number of hydrogen-bond acceptors (Lipinski definition) is 1. The lowest BCUT2D eigenvalue weighted by Gasteiger charge is -2.14. The van der Waals surface area contributed by atoms with Gasteiger partial charge in [-0.3, -0.25) is 0 Å². The minimum Gasteiger partial charge on any atom is -0.374 e. The quantitative estimate of drug-likeness (QED) is 0.586. The number of rotatable bonds is 4. The fourth-order valence-corrected chi connectivity index (χ4v) is 1.77. The van der Waals surface area contributed by atoms with Gasteiger partial charge in [0.15, 0.2) is 0 Å². The van der Waals surface area contributed by atoms with Crippen molar-refractivity contribution in [1.29, 1.82) is 0 Å². The molecule has 2 atom stereocenters. The summed E-state index contributed by atoms with van der Waals surface area (Å²) in [5.41, 5.74) is 0. The van der Waals surface area contributed by atoms with Gasteiger partial charge in [0.1, 0.15) is 0 Å². The molecule has 1 saturated carbocycles. The third-order valence-electron chi connectivity index (χ3n) is 2.59. The predicted octanol–water partition coefficient (Wildman–Crippen LogP) is 3.16. The van der Waals surface area contributed by atoms with Crippen molar-refractivity contribution >= 4 is 0 Å². The van der Waals surface area contributed by atoms with Crippen LogP contribution in [0.5, 0.6) is 0 Å². The maximum atomic E-state index is 5.73. The lowest BCUT2D eigenvalue weighted by molar-refractivity contribution is 0.0516. The minimum absolute atomic E-state index is 0.534. The Hall–Kier alpha value is -0.300. The number of allylic oxidation sites excluding steroid dienone is 1. The van der Waals surface area contributed by atoms with Gasteiger partial charge < -0.3 is 4.74 Å². The van der Waals surface area contributed by atoms with Crippen molar-refractivity contribution in [2.75, 3.05) is 6.61 Å². The van der Waals surface area contributed by atoms with Crippen molar-refractivity contribution in [3.8, 4) is 0 Å². The lowest BCUT2D eigenvalue weighted by atomic mass is 10.1. The van der Waals surface area contributed by atoms with Gasteiger partial charge in [-0.05, 0) is 25.2 Å². The first-order valence-corrected chi connectivity index (χ1v) is 5.11. The van der Waals surface area contributed by atoms with E-state index in [9.17, 15) is 0 Å². The van der Waals surface area contributed by atoms with Crippen molar-refractivity contribution < 1.29 is 4.74 Å². The highest BCUT2D eigenvalue weighted by Gasteiger charge is 2.23. The second-order valence-corrected chi connectivity index (χ2v) is 3.66. The molecule has 1 fully saturated rings. The minimum atomic E-state index is 0.534. The molecule has 0 heterocycles. The Labute approximate surface area is 75.8 Å². The summed E-state index contributed by atoms with van der Waals surface area (Å²) in [4.78, 5) is 0. The van der Waals surface area contributed by atoms with E-state index >= 15 is 0 Å². The zero-order chi connectivity index (χ0) is 8.81. The van der Waals surface area contributed by atoms with Crippen LogP contribution in [0.3, 0.4) is 0 Å². The van der Waals surface area contributed by atoms with Crippen LogP contribution >= 0.6 is 0 Å². The van der Waals surface area contributed by atoms with E-state index in [1.165, 1.54) is 19.3 Å². The summed E-state index contributed by atoms with van der Waals surface area (Å²) in [6, 6.07) is 0. The molecule has 0 N–H and O–H groups in total. The van der Waals surface area contributed by atoms with Crippen molar-refractivity contribution in [3.63, 3.8) is 0 Å². The molecule has 1 heteroatoms. The van der Waals surface area contributed by atoms with Crippen LogP contribution in [-0.4, -0.2) is 12.7 Å². The Balaban J connectivity index is 2.10. The summed E-state index contributed by atoms with van der Waals surface area (Å²) in [5, 5.41) is 0. The Bertz CT molecular complexity index is 140. The second kappa shape index (κ2) is 5.36. The molecule has 0 aromatic carbocycles. The Morgan fingerprint density at radius 2 is 2.17 bits per heavy atom. The Kier molecular flexibility index (Phi) is 4.37. The van der Waals surface area contributed by atoms with E-state index in [-0.39, 0.29) is 0 Å². The standard InChI is InChI=1S/C11H20O/c1-3-4-5-9-12-11-8-6-7-10(11)2/h4-5,10-11H,3,6-9H2,1-2H3/b5-4+. The van der Waals surface area contributed by atoms with Gasteiger partial charge in [-0.25, -0.2) is 0 Å². The van der Waals surface area contributed by atoms with Crippen LogP contribution in [0.25, 0.3) is 0 Å². The molecule has 0 aromatic rings. The number of hydrogen-bond donors (Lipinski definition) is 0. The zero-order valence-electron chi connectivity index (χ0n) is 8.25. The van der Waals surface area contributed by atoms with Crippen LogP contribution in [-0.2, 0) is 4.74 Å². The van der Waals surface area contributed by atoms with Crippen LogP contribution in [0.4, 0.5) is 0 Å². The van der Waals surface area contributed by atoms with Gasteiger partial charge in [-0.15, -0.1) is 0 Å². The third kappa shape index (κ3) is 2.98. The highest BCUT2D eigenvalue weighted by molar-refractivity contribution is 4.82. The highest BCUT2D eigenvalue weighted by atomic mass is 16.5. The molecular formula is C11H20O. The maximum Gasteiger partial charge on any atom is 0.0651 e. The molecule has 70 valence electrons. The topological polar surface area (TPSA) is 9.23 Å². The summed E-state index contributed by atoms with van der Waals surface area (Å²) in [7, 11) is 0. The summed E-state index contributed by atoms with van der Waals surface area (Å²) < 4.78 is 5.73. The summed E-state index contributed by atoms with van der Waals surface area (Å²) >= 11 is 0. The van der Waals surface area contributed by atoms with E-state index in [1.54, 1.807) is 0 Å². The van der Waals surface area contributed by atoms with E-state index in [2.05, 4.69) is 26.0 Å². The van der Waals surface area contributed by atoms with E-state index in [0.29, 0.717) is 6.10 Å². The van der Waals surface area contributed by atoms with Gasteiger partial charge >= 0.3 is 0 Å². The first-order valence-electron chi connectivity index (χ1n) is 5.11. The average Bonchev–Trinajstić information content (AvgIpc) is 2.46. The molecule has 1 aliphatic carbocycles. The summed E-state index contributed by atoms with van der Waals surface area (Å²) in [6.07, 6.45) is 9.91. The normalized spacial score (nSPS) is 30.2. The Morgan fingerprint density at radius 3 is 2.75 bits per heavy atom. The molecule has 0 spiro atoms. The van der Waals surface area contributed by atoms with E-state index in [4.69, 9.17) is 4.74 Å². The van der Waals surface area contributed by atoms with Crippen LogP contribution in [0.2, 0.25) is 0 Å². The van der Waals surface area contributed by atoms with Crippen LogP contribution in [0.1, 0.15) is 39.5 Å². The molecule has 0 radical (unpaired) electrons. The smallest absolute Gasteiger partial charge is 0.0651 e. The molecule has 1 nitrogen and oxygen atoms in total. The van der Waals surface area contributed by atoms with Crippen LogP contribution in [0, 0.1) is 5.92 Å². The molecule has 0 bridgehead atoms. The fraction of sp³-hybridized carbons (Fsp3) is 0.818. The molecular weight excluding hydrogens is 148 g/mol. The molecule has 0 aromatic heterocycles. The van der Waals surface area contributed by atoms with Gasteiger partial charge in [0.2, 0.25) is 0 Å². The maximum absolute atomic E-state index is 5.73. The summed E-state index contributed by atoms with van der Waals surface area (Å²) in [5.74, 6) is 0.778. The van der Waals surface area contributed by atoms with Gasteiger partial charge in [0, 0.05) is 0 Å². The summed E-state index contributed by atoms with van der Waals surface area (Å²) in [6.45, 7) is 5.25. The van der Waals surface area contributed by atoms with Crippen LogP contribution in [0.15, 0.2) is 12.2 Å². The predicted molar refractivity (Wildman–Crippen MR) is 52.2 cm³/mol. The Morgan fingerprint density at radius 1 is 1.33 bits per heavy atom. The molecule has 1 rings (SSSR count). The second-order valence-electron chi connectivity index (χ2n) is 3.66. The van der Waals surface area contributed by atoms with Crippen molar-refractivity contribution in [1.82, 2.24) is 0 Å². The van der Waals surface area contributed by atoms with E-state index in [0.717, 1.165) is 18.9 Å². The van der Waals surface area contributed by atoms with Crippen molar-refractivity contribution in [2.24, 2.45) is 5.92 Å². The molecule has 1 aliphatic rings. The fourth-order valence-electron chi connectivity index (χ4n) is 1.77. The van der Waals surface area contributed by atoms with E-state index in [1.807, 2.05) is 0 Å². The van der Waals surface area contributed by atoms with Crippen molar-refractivity contribution in [3.05, 3.63) is 12.2 Å². The van der Waals surface area contributed by atoms with Crippen LogP contribution < -0.4 is 0 Å². The molecule has 0 amide bonds. The largest absolute Gasteiger partial charge is 0.374 e. The molecule has 0 aliphatic heterocycles. The molecule has 2 unspecified atom stereocenters. The molecule has 12 heavy (non-hydrogen) atoms. The zero-order valence-corrected chi connectivity index (χ0v) is 8.25. The number of ether oxygens (including phenoxy) is 1. The highest BCUT2D eigenvalue weighted by Crippen LogP contribution is 2.27. The van der Waals surface area contributed by atoms with Gasteiger partial charge in [0.05, 0.1) is 12.7 Å². The first kappa shape index (κ1) is 9.79. The monoisotopic (exact) mass is 168 g/mol. The first-order chi connectivity index (χ1) is 5.84. The average molecular weight is 168 g/mol. The van der Waals surface area contributed by atoms with E-state index < -0.39 is 0 Å². The van der Waals surface area contributed by atoms with Gasteiger partial charge in [-0.2, -0.15) is 0 Å². The lowest BCUT2D eigenvalue weighted by Crippen LogP contribution is -2.15. The SMILES string of the molecule is CC/C=C/COC1CCCC1C. The third-order valence-corrected chi connectivity index (χ3v) is 2.59. The van der Waals surface area contributed by atoms with Gasteiger partial charge in [-0.1, -0.05) is 32.4 Å². The van der Waals surface area contributed by atoms with Crippen molar-refractivity contribution in [2.45, 2.75) is 45.6 Å². The van der Waals surface area contributed by atoms with Gasteiger partial charge in [0.25, 0.3) is 0 Å². The molecule has 0 saturated heterocycles.